The topological polar surface area (TPSA) is 56.1 Å². The SMILES string of the molecule is CC1CN(c2ccc(N3CCC(Cc4ccc(Cl)cc4)C3=O)cc2O)C=N1. The van der Waals surface area contributed by atoms with E-state index in [2.05, 4.69) is 4.99 Å². The molecule has 2 aromatic rings. The van der Waals surface area contributed by atoms with Gasteiger partial charge in [-0.05, 0) is 49.6 Å². The molecule has 2 aliphatic heterocycles. The van der Waals surface area contributed by atoms with Gasteiger partial charge in [0.15, 0.2) is 0 Å². The molecule has 1 amide bonds. The zero-order valence-electron chi connectivity index (χ0n) is 15.2. The van der Waals surface area contributed by atoms with Crippen LogP contribution in [0.15, 0.2) is 47.5 Å². The van der Waals surface area contributed by atoms with Crippen LogP contribution in [0.5, 0.6) is 5.75 Å². The van der Waals surface area contributed by atoms with Gasteiger partial charge < -0.3 is 14.9 Å². The van der Waals surface area contributed by atoms with E-state index in [9.17, 15) is 9.90 Å². The number of phenols is 1. The number of aliphatic imine (C=N–C) groups is 1. The van der Waals surface area contributed by atoms with Gasteiger partial charge in [-0.25, -0.2) is 0 Å². The van der Waals surface area contributed by atoms with Crippen LogP contribution >= 0.6 is 11.6 Å². The molecule has 6 heteroatoms. The molecule has 5 nitrogen and oxygen atoms in total. The van der Waals surface area contributed by atoms with Crippen LogP contribution in [0.2, 0.25) is 5.02 Å². The number of halogens is 1. The summed E-state index contributed by atoms with van der Waals surface area (Å²) in [5.74, 6) is 0.231. The number of hydrogen-bond acceptors (Lipinski definition) is 4. The van der Waals surface area contributed by atoms with Crippen molar-refractivity contribution in [2.24, 2.45) is 10.9 Å². The van der Waals surface area contributed by atoms with Gasteiger partial charge in [0.2, 0.25) is 5.91 Å². The fraction of sp³-hybridized carbons (Fsp3) is 0.333. The Balaban J connectivity index is 1.47. The van der Waals surface area contributed by atoms with Crippen LogP contribution in [0.3, 0.4) is 0 Å². The van der Waals surface area contributed by atoms with Crippen molar-refractivity contribution in [3.05, 3.63) is 53.1 Å². The summed E-state index contributed by atoms with van der Waals surface area (Å²) in [5, 5.41) is 11.2. The third-order valence-electron chi connectivity index (χ3n) is 5.21. The Hall–Kier alpha value is -2.53. The van der Waals surface area contributed by atoms with Gasteiger partial charge >= 0.3 is 0 Å². The lowest BCUT2D eigenvalue weighted by Gasteiger charge is -2.21. The molecule has 2 aliphatic rings. The van der Waals surface area contributed by atoms with E-state index in [0.717, 1.165) is 29.9 Å². The van der Waals surface area contributed by atoms with Crippen LogP contribution in [0, 0.1) is 5.92 Å². The van der Waals surface area contributed by atoms with Gasteiger partial charge in [0.05, 0.1) is 18.1 Å². The predicted molar refractivity (Wildman–Crippen MR) is 109 cm³/mol. The minimum Gasteiger partial charge on any atom is -0.506 e. The summed E-state index contributed by atoms with van der Waals surface area (Å²) in [4.78, 5) is 20.9. The highest BCUT2D eigenvalue weighted by atomic mass is 35.5. The van der Waals surface area contributed by atoms with E-state index < -0.39 is 0 Å². The number of benzene rings is 2. The first-order valence-electron chi connectivity index (χ1n) is 9.20. The lowest BCUT2D eigenvalue weighted by Crippen LogP contribution is -2.28. The number of nitrogens with zero attached hydrogens (tertiary/aromatic N) is 3. The second kappa shape index (κ2) is 7.24. The van der Waals surface area contributed by atoms with Gasteiger partial charge in [-0.1, -0.05) is 23.7 Å². The van der Waals surface area contributed by atoms with Crippen molar-refractivity contribution in [2.45, 2.75) is 25.8 Å². The van der Waals surface area contributed by atoms with Crippen molar-refractivity contribution in [1.82, 2.24) is 0 Å². The third kappa shape index (κ3) is 3.65. The molecule has 0 bridgehead atoms. The van der Waals surface area contributed by atoms with Crippen molar-refractivity contribution in [3.63, 3.8) is 0 Å². The summed E-state index contributed by atoms with van der Waals surface area (Å²) in [6, 6.07) is 13.3. The quantitative estimate of drug-likeness (QED) is 0.871. The maximum atomic E-state index is 12.9. The first-order chi connectivity index (χ1) is 13.0. The van der Waals surface area contributed by atoms with Gasteiger partial charge in [0.1, 0.15) is 5.75 Å². The number of rotatable bonds is 4. The van der Waals surface area contributed by atoms with Gasteiger partial charge in [0, 0.05) is 35.8 Å². The van der Waals surface area contributed by atoms with E-state index >= 15 is 0 Å². The van der Waals surface area contributed by atoms with Crippen LogP contribution in [-0.2, 0) is 11.2 Å². The van der Waals surface area contributed by atoms with Crippen molar-refractivity contribution in [1.29, 1.82) is 0 Å². The van der Waals surface area contributed by atoms with E-state index in [1.54, 1.807) is 17.3 Å². The number of hydrogen-bond donors (Lipinski definition) is 1. The van der Waals surface area contributed by atoms with Crippen molar-refractivity contribution in [2.75, 3.05) is 22.9 Å². The first-order valence-corrected chi connectivity index (χ1v) is 9.58. The van der Waals surface area contributed by atoms with E-state index in [1.165, 1.54) is 0 Å². The van der Waals surface area contributed by atoms with Crippen LogP contribution in [-0.4, -0.2) is 36.5 Å². The Morgan fingerprint density at radius 2 is 2.00 bits per heavy atom. The second-order valence-corrected chi connectivity index (χ2v) is 7.68. The van der Waals surface area contributed by atoms with E-state index in [4.69, 9.17) is 11.6 Å². The first kappa shape index (κ1) is 17.9. The molecule has 4 rings (SSSR count). The molecule has 1 N–H and O–H groups in total. The van der Waals surface area contributed by atoms with Crippen molar-refractivity contribution >= 4 is 35.2 Å². The standard InChI is InChI=1S/C21H22ClN3O2/c1-14-12-24(13-23-14)19-7-6-18(11-20(19)26)25-9-8-16(21(25)27)10-15-2-4-17(22)5-3-15/h2-7,11,13-14,16,26H,8-10,12H2,1H3. The van der Waals surface area contributed by atoms with Crippen LogP contribution in [0.25, 0.3) is 0 Å². The van der Waals surface area contributed by atoms with Crippen LogP contribution in [0.4, 0.5) is 11.4 Å². The van der Waals surface area contributed by atoms with Gasteiger partial charge in [-0.15, -0.1) is 0 Å². The predicted octanol–water partition coefficient (Wildman–Crippen LogP) is 3.88. The molecule has 0 radical (unpaired) electrons. The lowest BCUT2D eigenvalue weighted by atomic mass is 9.98. The zero-order chi connectivity index (χ0) is 19.0. The van der Waals surface area contributed by atoms with Crippen molar-refractivity contribution < 1.29 is 9.90 Å². The minimum absolute atomic E-state index is 0.0421. The molecule has 2 aromatic carbocycles. The van der Waals surface area contributed by atoms with Gasteiger partial charge in [-0.2, -0.15) is 0 Å². The summed E-state index contributed by atoms with van der Waals surface area (Å²) in [7, 11) is 0. The minimum atomic E-state index is -0.0421. The number of amides is 1. The smallest absolute Gasteiger partial charge is 0.230 e. The molecule has 2 heterocycles. The average molecular weight is 384 g/mol. The Kier molecular flexibility index (Phi) is 4.79. The fourth-order valence-corrected chi connectivity index (χ4v) is 3.87. The normalized spacial score (nSPS) is 22.1. The summed E-state index contributed by atoms with van der Waals surface area (Å²) in [6.07, 6.45) is 3.27. The molecule has 2 unspecified atom stereocenters. The summed E-state index contributed by atoms with van der Waals surface area (Å²) in [5.41, 5.74) is 2.57. The Labute approximate surface area is 163 Å². The number of anilines is 2. The van der Waals surface area contributed by atoms with Gasteiger partial charge in [-0.3, -0.25) is 9.79 Å². The summed E-state index contributed by atoms with van der Waals surface area (Å²) < 4.78 is 0. The van der Waals surface area contributed by atoms with E-state index in [0.29, 0.717) is 18.0 Å². The van der Waals surface area contributed by atoms with Gasteiger partial charge in [0.25, 0.3) is 0 Å². The Morgan fingerprint density at radius 3 is 2.67 bits per heavy atom. The fourth-order valence-electron chi connectivity index (χ4n) is 3.75. The highest BCUT2D eigenvalue weighted by Crippen LogP contribution is 2.35. The molecule has 0 aliphatic carbocycles. The average Bonchev–Trinajstić information content (AvgIpc) is 3.23. The maximum Gasteiger partial charge on any atom is 0.230 e. The summed E-state index contributed by atoms with van der Waals surface area (Å²) >= 11 is 5.93. The largest absolute Gasteiger partial charge is 0.506 e. The van der Waals surface area contributed by atoms with E-state index in [1.807, 2.05) is 48.2 Å². The Morgan fingerprint density at radius 1 is 1.22 bits per heavy atom. The molecule has 0 spiro atoms. The molecule has 2 atom stereocenters. The number of carbonyl (C=O) groups excluding carboxylic acids is 1. The van der Waals surface area contributed by atoms with Crippen molar-refractivity contribution in [3.8, 4) is 5.75 Å². The molecule has 0 aromatic heterocycles. The number of carbonyl (C=O) groups is 1. The molecule has 27 heavy (non-hydrogen) atoms. The molecule has 0 saturated carbocycles. The molecule has 1 fully saturated rings. The highest BCUT2D eigenvalue weighted by Gasteiger charge is 2.33. The lowest BCUT2D eigenvalue weighted by molar-refractivity contribution is -0.120. The summed E-state index contributed by atoms with van der Waals surface area (Å²) in [6.45, 7) is 3.45. The molecular weight excluding hydrogens is 362 g/mol. The monoisotopic (exact) mass is 383 g/mol. The van der Waals surface area contributed by atoms with Crippen LogP contribution < -0.4 is 9.80 Å². The maximum absolute atomic E-state index is 12.9. The zero-order valence-corrected chi connectivity index (χ0v) is 15.9. The second-order valence-electron chi connectivity index (χ2n) is 7.25. The molecular formula is C21H22ClN3O2. The highest BCUT2D eigenvalue weighted by molar-refractivity contribution is 6.30. The van der Waals surface area contributed by atoms with E-state index in [-0.39, 0.29) is 23.6 Å². The molecule has 1 saturated heterocycles. The number of aromatic hydroxyl groups is 1. The van der Waals surface area contributed by atoms with Crippen LogP contribution in [0.1, 0.15) is 18.9 Å². The number of phenolic OH excluding ortho intramolecular Hbond substituents is 1. The third-order valence-corrected chi connectivity index (χ3v) is 5.47. The Bertz CT molecular complexity index is 881. The molecule has 140 valence electrons.